The fourth-order valence-corrected chi connectivity index (χ4v) is 3.66. The van der Waals surface area contributed by atoms with Crippen molar-refractivity contribution in [2.45, 2.75) is 17.8 Å². The van der Waals surface area contributed by atoms with E-state index in [9.17, 15) is 4.79 Å². The summed E-state index contributed by atoms with van der Waals surface area (Å²) in [6, 6.07) is 13.3. The monoisotopic (exact) mass is 427 g/mol. The van der Waals surface area contributed by atoms with Crippen molar-refractivity contribution >= 4 is 33.3 Å². The quantitative estimate of drug-likeness (QED) is 0.395. The molecule has 0 aliphatic rings. The van der Waals surface area contributed by atoms with Crippen LogP contribution in [0.1, 0.15) is 11.4 Å². The van der Waals surface area contributed by atoms with Crippen molar-refractivity contribution in [3.63, 3.8) is 0 Å². The predicted octanol–water partition coefficient (Wildman–Crippen LogP) is 3.84. The van der Waals surface area contributed by atoms with Crippen LogP contribution in [0.25, 0.3) is 16.9 Å². The Morgan fingerprint density at radius 3 is 2.81 bits per heavy atom. The van der Waals surface area contributed by atoms with E-state index in [0.717, 1.165) is 27.1 Å². The number of H-pyrrole nitrogens is 1. The number of rotatable bonds is 4. The van der Waals surface area contributed by atoms with Crippen molar-refractivity contribution in [2.75, 3.05) is 0 Å². The number of aromatic amines is 1. The van der Waals surface area contributed by atoms with Crippen LogP contribution in [0.4, 0.5) is 0 Å². The number of fused-ring (bicyclic) bond motifs is 1. The zero-order chi connectivity index (χ0) is 18.1. The van der Waals surface area contributed by atoms with E-state index >= 15 is 0 Å². The van der Waals surface area contributed by atoms with E-state index in [0.29, 0.717) is 16.6 Å². The Labute approximate surface area is 161 Å². The van der Waals surface area contributed by atoms with Gasteiger partial charge in [0.05, 0.1) is 17.1 Å². The first-order valence-corrected chi connectivity index (χ1v) is 9.67. The van der Waals surface area contributed by atoms with Gasteiger partial charge in [0.2, 0.25) is 0 Å². The van der Waals surface area contributed by atoms with Gasteiger partial charge < -0.3 is 4.98 Å². The van der Waals surface area contributed by atoms with E-state index < -0.39 is 0 Å². The highest BCUT2D eigenvalue weighted by molar-refractivity contribution is 9.10. The minimum atomic E-state index is -0.141. The van der Waals surface area contributed by atoms with Crippen molar-refractivity contribution in [3.8, 4) is 11.3 Å². The molecule has 6 nitrogen and oxygen atoms in total. The van der Waals surface area contributed by atoms with E-state index in [2.05, 4.69) is 36.0 Å². The summed E-state index contributed by atoms with van der Waals surface area (Å²) in [6.45, 7) is 1.90. The minimum absolute atomic E-state index is 0.141. The molecular weight excluding hydrogens is 414 g/mol. The van der Waals surface area contributed by atoms with Crippen LogP contribution >= 0.6 is 27.7 Å². The van der Waals surface area contributed by atoms with Gasteiger partial charge in [-0.1, -0.05) is 39.8 Å². The Morgan fingerprint density at radius 2 is 2.00 bits per heavy atom. The number of nitrogens with one attached hydrogen (secondary N) is 1. The lowest BCUT2D eigenvalue weighted by molar-refractivity contribution is 0.862. The van der Waals surface area contributed by atoms with Gasteiger partial charge in [-0.25, -0.2) is 14.5 Å². The molecule has 1 N–H and O–H groups in total. The molecule has 0 bridgehead atoms. The summed E-state index contributed by atoms with van der Waals surface area (Å²) in [4.78, 5) is 23.6. The van der Waals surface area contributed by atoms with Gasteiger partial charge >= 0.3 is 0 Å². The normalized spacial score (nSPS) is 11.2. The molecule has 0 saturated carbocycles. The van der Waals surface area contributed by atoms with Crippen molar-refractivity contribution in [1.29, 1.82) is 0 Å². The molecular formula is C18H14BrN5OS. The highest BCUT2D eigenvalue weighted by Crippen LogP contribution is 2.24. The zero-order valence-corrected chi connectivity index (χ0v) is 16.2. The second-order valence-corrected chi connectivity index (χ2v) is 7.59. The maximum atomic E-state index is 11.9. The Hall–Kier alpha value is -2.45. The van der Waals surface area contributed by atoms with Crippen molar-refractivity contribution < 1.29 is 0 Å². The first-order valence-electron chi connectivity index (χ1n) is 7.89. The van der Waals surface area contributed by atoms with Crippen LogP contribution < -0.4 is 5.56 Å². The second-order valence-electron chi connectivity index (χ2n) is 5.73. The molecule has 4 aromatic rings. The number of nitrogens with zero attached hydrogens (tertiary/aromatic N) is 4. The smallest absolute Gasteiger partial charge is 0.251 e. The molecule has 0 aliphatic carbocycles. The summed E-state index contributed by atoms with van der Waals surface area (Å²) < 4.78 is 2.78. The average molecular weight is 428 g/mol. The molecule has 130 valence electrons. The highest BCUT2D eigenvalue weighted by atomic mass is 79.9. The van der Waals surface area contributed by atoms with Crippen molar-refractivity contribution in [1.82, 2.24) is 24.6 Å². The van der Waals surface area contributed by atoms with Crippen LogP contribution in [0.15, 0.2) is 63.1 Å². The van der Waals surface area contributed by atoms with Gasteiger partial charge in [0.1, 0.15) is 5.65 Å². The van der Waals surface area contributed by atoms with E-state index in [1.165, 1.54) is 11.8 Å². The largest absolute Gasteiger partial charge is 0.307 e. The third-order valence-corrected chi connectivity index (χ3v) is 5.20. The van der Waals surface area contributed by atoms with Gasteiger partial charge in [-0.05, 0) is 25.1 Å². The molecule has 0 radical (unpaired) electrons. The maximum absolute atomic E-state index is 11.9. The van der Waals surface area contributed by atoms with Crippen LogP contribution in [0, 0.1) is 6.92 Å². The molecule has 0 amide bonds. The molecule has 0 fully saturated rings. The molecule has 3 aromatic heterocycles. The second kappa shape index (κ2) is 7.05. The van der Waals surface area contributed by atoms with Crippen LogP contribution in [-0.4, -0.2) is 24.6 Å². The van der Waals surface area contributed by atoms with E-state index in [4.69, 9.17) is 0 Å². The first-order chi connectivity index (χ1) is 12.6. The Bertz CT molecular complexity index is 1140. The highest BCUT2D eigenvalue weighted by Gasteiger charge is 2.09. The van der Waals surface area contributed by atoms with Crippen molar-refractivity contribution in [3.05, 3.63) is 74.9 Å². The number of aryl methyl sites for hydroxylation is 1. The SMILES string of the molecule is Cc1cc2[nH]c(=O)cc(CSc3nccc(-c4ccc(Br)cc4)n3)n2n1. The lowest BCUT2D eigenvalue weighted by Crippen LogP contribution is -2.11. The summed E-state index contributed by atoms with van der Waals surface area (Å²) in [6.07, 6.45) is 1.75. The van der Waals surface area contributed by atoms with Crippen molar-refractivity contribution in [2.24, 2.45) is 0 Å². The minimum Gasteiger partial charge on any atom is -0.307 e. The first kappa shape index (κ1) is 17.0. The van der Waals surface area contributed by atoms with Gasteiger partial charge in [-0.3, -0.25) is 4.79 Å². The Morgan fingerprint density at radius 1 is 1.19 bits per heavy atom. The standard InChI is InChI=1S/C18H14BrN5OS/c1-11-8-16-22-17(25)9-14(24(16)23-11)10-26-18-20-7-6-15(21-18)12-2-4-13(19)5-3-12/h2-9H,10H2,1H3,(H,22,25). The molecule has 8 heteroatoms. The Balaban J connectivity index is 1.60. The molecule has 0 spiro atoms. The van der Waals surface area contributed by atoms with Gasteiger partial charge in [-0.15, -0.1) is 0 Å². The van der Waals surface area contributed by atoms with Crippen LogP contribution in [0.5, 0.6) is 0 Å². The number of thioether (sulfide) groups is 1. The lowest BCUT2D eigenvalue weighted by Gasteiger charge is -2.05. The third kappa shape index (κ3) is 3.56. The van der Waals surface area contributed by atoms with Gasteiger partial charge in [0.15, 0.2) is 5.16 Å². The van der Waals surface area contributed by atoms with Crippen LogP contribution in [-0.2, 0) is 5.75 Å². The predicted molar refractivity (Wildman–Crippen MR) is 105 cm³/mol. The van der Waals surface area contributed by atoms with Crippen LogP contribution in [0.3, 0.4) is 0 Å². The summed E-state index contributed by atoms with van der Waals surface area (Å²) >= 11 is 4.91. The van der Waals surface area contributed by atoms with Gasteiger partial charge in [0, 0.05) is 34.1 Å². The molecule has 1 aromatic carbocycles. The molecule has 0 atom stereocenters. The third-order valence-electron chi connectivity index (χ3n) is 3.78. The fraction of sp³-hybridized carbons (Fsp3) is 0.111. The summed E-state index contributed by atoms with van der Waals surface area (Å²) in [5, 5.41) is 5.08. The van der Waals surface area contributed by atoms with Gasteiger partial charge in [-0.2, -0.15) is 5.10 Å². The number of hydrogen-bond donors (Lipinski definition) is 1. The molecule has 0 aliphatic heterocycles. The fourth-order valence-electron chi connectivity index (χ4n) is 2.62. The Kier molecular flexibility index (Phi) is 4.60. The topological polar surface area (TPSA) is 75.9 Å². The molecule has 0 unspecified atom stereocenters. The summed E-state index contributed by atoms with van der Waals surface area (Å²) in [5.74, 6) is 0.547. The lowest BCUT2D eigenvalue weighted by atomic mass is 10.1. The van der Waals surface area contributed by atoms with Gasteiger partial charge in [0.25, 0.3) is 5.56 Å². The number of hydrogen-bond acceptors (Lipinski definition) is 5. The molecule has 4 rings (SSSR count). The van der Waals surface area contributed by atoms with Crippen LogP contribution in [0.2, 0.25) is 0 Å². The van der Waals surface area contributed by atoms with E-state index in [-0.39, 0.29) is 5.56 Å². The molecule has 0 saturated heterocycles. The summed E-state index contributed by atoms with van der Waals surface area (Å²) in [5.41, 5.74) is 4.10. The van der Waals surface area contributed by atoms with E-state index in [1.807, 2.05) is 43.3 Å². The number of aromatic nitrogens is 5. The summed E-state index contributed by atoms with van der Waals surface area (Å²) in [7, 11) is 0. The average Bonchev–Trinajstić information content (AvgIpc) is 3.00. The number of halogens is 1. The van der Waals surface area contributed by atoms with E-state index in [1.54, 1.807) is 16.8 Å². The molecule has 3 heterocycles. The number of benzene rings is 1. The molecule has 26 heavy (non-hydrogen) atoms. The maximum Gasteiger partial charge on any atom is 0.251 e. The zero-order valence-electron chi connectivity index (χ0n) is 13.8.